The Labute approximate surface area is 137 Å². The van der Waals surface area contributed by atoms with Crippen molar-refractivity contribution in [2.75, 3.05) is 0 Å². The fraction of sp³-hybridized carbons (Fsp3) is 0.529. The van der Waals surface area contributed by atoms with Gasteiger partial charge in [-0.25, -0.2) is 5.48 Å². The van der Waals surface area contributed by atoms with Crippen molar-refractivity contribution in [1.82, 2.24) is 10.8 Å². The molecule has 1 aromatic rings. The second-order valence-electron chi connectivity index (χ2n) is 5.32. The van der Waals surface area contributed by atoms with Crippen LogP contribution in [0.5, 0.6) is 0 Å². The summed E-state index contributed by atoms with van der Waals surface area (Å²) in [7, 11) is 0. The zero-order valence-corrected chi connectivity index (χ0v) is 13.0. The van der Waals surface area contributed by atoms with Crippen LogP contribution in [0.1, 0.15) is 56.5 Å². The van der Waals surface area contributed by atoms with Crippen LogP contribution >= 0.6 is 0 Å². The minimum Gasteiger partial charge on any atom is -0.391 e. The first-order valence-electron chi connectivity index (χ1n) is 7.51. The molecule has 0 spiro atoms. The van der Waals surface area contributed by atoms with E-state index in [1.807, 2.05) is 12.1 Å². The minimum absolute atomic E-state index is 0. The van der Waals surface area contributed by atoms with Crippen LogP contribution in [-0.4, -0.2) is 34.3 Å². The molecule has 23 heavy (non-hydrogen) atoms. The summed E-state index contributed by atoms with van der Waals surface area (Å²) in [6.07, 6.45) is 3.30. The van der Waals surface area contributed by atoms with Gasteiger partial charge >= 0.3 is 0 Å². The number of hydroxylamine groups is 1. The number of carbonyl (C=O) groups is 2. The van der Waals surface area contributed by atoms with Crippen LogP contribution in [0, 0.1) is 0 Å². The van der Waals surface area contributed by atoms with Crippen molar-refractivity contribution >= 4 is 11.8 Å². The Balaban J connectivity index is 0.00000484. The molecule has 1 rings (SSSR count). The van der Waals surface area contributed by atoms with Crippen molar-refractivity contribution in [3.8, 4) is 0 Å². The van der Waals surface area contributed by atoms with E-state index in [-0.39, 0.29) is 7.43 Å². The van der Waals surface area contributed by atoms with Crippen LogP contribution in [0.15, 0.2) is 24.3 Å². The van der Waals surface area contributed by atoms with Crippen molar-refractivity contribution in [2.24, 2.45) is 0 Å². The lowest BCUT2D eigenvalue weighted by Gasteiger charge is -2.19. The van der Waals surface area contributed by atoms with E-state index < -0.39 is 24.0 Å². The summed E-state index contributed by atoms with van der Waals surface area (Å²) in [6, 6.07) is 5.93. The second kappa shape index (κ2) is 10.7. The number of aliphatic hydroxyl groups is 1. The SMILES string of the molecule is C.CCCCCc1ccc(C(=O)N[C@H](C(=O)NO)[C@@H](C)O)cc1. The minimum atomic E-state index is -1.21. The highest BCUT2D eigenvalue weighted by Gasteiger charge is 2.25. The molecule has 2 amide bonds. The fourth-order valence-corrected chi connectivity index (χ4v) is 2.10. The Morgan fingerprint density at radius 1 is 1.17 bits per heavy atom. The third kappa shape index (κ3) is 6.80. The lowest BCUT2D eigenvalue weighted by Crippen LogP contribution is -2.51. The topological polar surface area (TPSA) is 98.7 Å². The highest BCUT2D eigenvalue weighted by molar-refractivity contribution is 5.97. The van der Waals surface area contributed by atoms with Crippen molar-refractivity contribution in [3.63, 3.8) is 0 Å². The summed E-state index contributed by atoms with van der Waals surface area (Å²) in [5, 5.41) is 20.5. The van der Waals surface area contributed by atoms with Gasteiger partial charge in [-0.1, -0.05) is 39.3 Å². The van der Waals surface area contributed by atoms with Gasteiger partial charge in [0.1, 0.15) is 6.04 Å². The van der Waals surface area contributed by atoms with Gasteiger partial charge in [-0.05, 0) is 37.5 Å². The first-order valence-corrected chi connectivity index (χ1v) is 7.51. The molecule has 0 heterocycles. The molecule has 0 saturated heterocycles. The van der Waals surface area contributed by atoms with Crippen LogP contribution in [0.2, 0.25) is 0 Å². The summed E-state index contributed by atoms with van der Waals surface area (Å²) in [6.45, 7) is 3.51. The monoisotopic (exact) mass is 324 g/mol. The van der Waals surface area contributed by atoms with Crippen molar-refractivity contribution in [1.29, 1.82) is 0 Å². The predicted molar refractivity (Wildman–Crippen MR) is 89.3 cm³/mol. The van der Waals surface area contributed by atoms with Gasteiger partial charge in [0.05, 0.1) is 6.10 Å². The lowest BCUT2D eigenvalue weighted by atomic mass is 10.0. The summed E-state index contributed by atoms with van der Waals surface area (Å²) < 4.78 is 0. The summed E-state index contributed by atoms with van der Waals surface area (Å²) in [4.78, 5) is 23.5. The normalized spacial score (nSPS) is 12.7. The Hall–Kier alpha value is -1.92. The third-order valence-corrected chi connectivity index (χ3v) is 3.45. The van der Waals surface area contributed by atoms with Crippen LogP contribution in [0.3, 0.4) is 0 Å². The summed E-state index contributed by atoms with van der Waals surface area (Å²) in [5.41, 5.74) is 2.98. The molecule has 0 aromatic heterocycles. The maximum absolute atomic E-state index is 12.1. The van der Waals surface area contributed by atoms with E-state index >= 15 is 0 Å². The van der Waals surface area contributed by atoms with Crippen molar-refractivity contribution in [3.05, 3.63) is 35.4 Å². The van der Waals surface area contributed by atoms with E-state index in [2.05, 4.69) is 12.2 Å². The predicted octanol–water partition coefficient (Wildman–Crippen LogP) is 2.04. The van der Waals surface area contributed by atoms with E-state index in [4.69, 9.17) is 5.21 Å². The number of carbonyl (C=O) groups excluding carboxylic acids is 2. The standard InChI is InChI=1S/C16H24N2O4.CH4/c1-3-4-5-6-12-7-9-13(10-8-12)15(20)17-14(11(2)19)16(21)18-22;/h7-11,14,19,22H,3-6H2,1-2H3,(H,17,20)(H,18,21);1H4/t11-,14+;/m1./s1. The molecule has 6 heteroatoms. The average molecular weight is 324 g/mol. The molecule has 130 valence electrons. The molecule has 4 N–H and O–H groups in total. The van der Waals surface area contributed by atoms with Gasteiger partial charge in [-0.3, -0.25) is 14.8 Å². The summed E-state index contributed by atoms with van der Waals surface area (Å²) >= 11 is 0. The molecular formula is C17H28N2O4. The number of benzene rings is 1. The van der Waals surface area contributed by atoms with Crippen molar-refractivity contribution in [2.45, 2.75) is 59.1 Å². The van der Waals surface area contributed by atoms with Gasteiger partial charge in [0.25, 0.3) is 11.8 Å². The van der Waals surface area contributed by atoms with Gasteiger partial charge in [-0.2, -0.15) is 0 Å². The third-order valence-electron chi connectivity index (χ3n) is 3.45. The van der Waals surface area contributed by atoms with Crippen LogP contribution in [0.4, 0.5) is 0 Å². The molecule has 0 radical (unpaired) electrons. The highest BCUT2D eigenvalue weighted by Crippen LogP contribution is 2.09. The van der Waals surface area contributed by atoms with Crippen LogP contribution in [0.25, 0.3) is 0 Å². The van der Waals surface area contributed by atoms with Crippen molar-refractivity contribution < 1.29 is 19.9 Å². The largest absolute Gasteiger partial charge is 0.391 e. The molecule has 0 aliphatic heterocycles. The average Bonchev–Trinajstić information content (AvgIpc) is 2.52. The zero-order chi connectivity index (χ0) is 16.5. The fourth-order valence-electron chi connectivity index (χ4n) is 2.10. The Bertz CT molecular complexity index is 486. The molecular weight excluding hydrogens is 296 g/mol. The molecule has 0 unspecified atom stereocenters. The van der Waals surface area contributed by atoms with E-state index in [0.717, 1.165) is 24.8 Å². The number of hydrogen-bond donors (Lipinski definition) is 4. The van der Waals surface area contributed by atoms with Gasteiger partial charge in [0, 0.05) is 5.56 Å². The molecule has 0 saturated carbocycles. The molecule has 1 aromatic carbocycles. The van der Waals surface area contributed by atoms with Gasteiger partial charge in [0.15, 0.2) is 0 Å². The van der Waals surface area contributed by atoms with Crippen LogP contribution < -0.4 is 10.8 Å². The Morgan fingerprint density at radius 2 is 1.78 bits per heavy atom. The second-order valence-corrected chi connectivity index (χ2v) is 5.32. The lowest BCUT2D eigenvalue weighted by molar-refractivity contribution is -0.133. The van der Waals surface area contributed by atoms with Crippen LogP contribution in [-0.2, 0) is 11.2 Å². The van der Waals surface area contributed by atoms with Gasteiger partial charge in [0.2, 0.25) is 0 Å². The Morgan fingerprint density at radius 3 is 2.26 bits per heavy atom. The van der Waals surface area contributed by atoms with E-state index in [1.54, 1.807) is 12.1 Å². The molecule has 0 aliphatic carbocycles. The van der Waals surface area contributed by atoms with E-state index in [0.29, 0.717) is 5.56 Å². The van der Waals surface area contributed by atoms with E-state index in [1.165, 1.54) is 18.8 Å². The number of unbranched alkanes of at least 4 members (excludes halogenated alkanes) is 2. The molecule has 0 bridgehead atoms. The first kappa shape index (κ1) is 21.1. The first-order chi connectivity index (χ1) is 10.5. The maximum atomic E-state index is 12.1. The zero-order valence-electron chi connectivity index (χ0n) is 13.0. The molecule has 0 aliphatic rings. The highest BCUT2D eigenvalue weighted by atomic mass is 16.5. The number of aryl methyl sites for hydroxylation is 1. The van der Waals surface area contributed by atoms with Gasteiger partial charge < -0.3 is 10.4 Å². The molecule has 6 nitrogen and oxygen atoms in total. The van der Waals surface area contributed by atoms with E-state index in [9.17, 15) is 14.7 Å². The number of rotatable bonds is 8. The molecule has 2 atom stereocenters. The quantitative estimate of drug-likeness (QED) is 0.334. The Kier molecular flexibility index (Phi) is 9.85. The van der Waals surface area contributed by atoms with Gasteiger partial charge in [-0.15, -0.1) is 0 Å². The molecule has 0 fully saturated rings. The smallest absolute Gasteiger partial charge is 0.268 e. The summed E-state index contributed by atoms with van der Waals surface area (Å²) in [5.74, 6) is -1.34. The number of nitrogens with one attached hydrogen (secondary N) is 2. The maximum Gasteiger partial charge on any atom is 0.268 e. The number of aliphatic hydroxyl groups excluding tert-OH is 1. The number of hydrogen-bond acceptors (Lipinski definition) is 4. The number of amides is 2.